The molecule has 2 aromatic carbocycles. The largest absolute Gasteiger partial charge is 0.452 e. The minimum atomic E-state index is -2.05. The number of benzene rings is 2. The van der Waals surface area contributed by atoms with Crippen LogP contribution in [0.4, 0.5) is 4.39 Å². The molecular weight excluding hydrogens is 343 g/mol. The van der Waals surface area contributed by atoms with Crippen LogP contribution in [0.1, 0.15) is 20.7 Å². The van der Waals surface area contributed by atoms with Crippen molar-refractivity contribution in [3.63, 3.8) is 0 Å². The Bertz CT molecular complexity index is 751. The molecule has 0 amide bonds. The molecule has 2 aromatic rings. The van der Waals surface area contributed by atoms with Crippen LogP contribution in [0.15, 0.2) is 60.7 Å². The highest BCUT2D eigenvalue weighted by Crippen LogP contribution is 2.23. The van der Waals surface area contributed by atoms with Gasteiger partial charge in [0.2, 0.25) is 6.36 Å². The standard InChI is InChI=1S/C19H17FO6/c20-17-15(21)16(26-19(23)13-9-5-2-6-10-13)14(11-24-17)25-18(22)12-7-3-1-4-8-12/h1-10,14-17,21H,11H2/t14-,15-,16-,17+/m1/s1. The monoisotopic (exact) mass is 360 g/mol. The highest BCUT2D eigenvalue weighted by atomic mass is 19.1. The third-order valence-corrected chi connectivity index (χ3v) is 3.91. The van der Waals surface area contributed by atoms with E-state index in [0.717, 1.165) is 0 Å². The minimum absolute atomic E-state index is 0.231. The molecule has 7 heteroatoms. The number of halogens is 1. The summed E-state index contributed by atoms with van der Waals surface area (Å²) in [6.07, 6.45) is -6.35. The van der Waals surface area contributed by atoms with Crippen molar-refractivity contribution in [1.29, 1.82) is 0 Å². The second kappa shape index (κ2) is 8.07. The Morgan fingerprint density at radius 2 is 1.42 bits per heavy atom. The molecule has 0 bridgehead atoms. The summed E-state index contributed by atoms with van der Waals surface area (Å²) in [5, 5.41) is 10.0. The number of alkyl halides is 1. The SMILES string of the molecule is O=C(O[C@H]1[C@@H](O)[C@@H](F)OC[C@H]1OC(=O)c1ccccc1)c1ccccc1. The van der Waals surface area contributed by atoms with Crippen LogP contribution >= 0.6 is 0 Å². The number of hydrogen-bond donors (Lipinski definition) is 1. The number of carbonyl (C=O) groups is 2. The Morgan fingerprint density at radius 1 is 0.923 bits per heavy atom. The Balaban J connectivity index is 1.74. The predicted molar refractivity (Wildman–Crippen MR) is 88.1 cm³/mol. The van der Waals surface area contributed by atoms with Crippen molar-refractivity contribution >= 4 is 11.9 Å². The molecule has 0 saturated carbocycles. The van der Waals surface area contributed by atoms with E-state index in [9.17, 15) is 19.1 Å². The zero-order chi connectivity index (χ0) is 18.5. The van der Waals surface area contributed by atoms with Gasteiger partial charge in [0.15, 0.2) is 18.3 Å². The molecule has 0 aromatic heterocycles. The topological polar surface area (TPSA) is 82.1 Å². The Hall–Kier alpha value is -2.77. The third kappa shape index (κ3) is 4.07. The van der Waals surface area contributed by atoms with Crippen molar-refractivity contribution in [3.8, 4) is 0 Å². The van der Waals surface area contributed by atoms with Crippen LogP contribution in [-0.2, 0) is 14.2 Å². The van der Waals surface area contributed by atoms with Gasteiger partial charge in [0, 0.05) is 0 Å². The summed E-state index contributed by atoms with van der Waals surface area (Å²) < 4.78 is 29.0. The summed E-state index contributed by atoms with van der Waals surface area (Å²) in [5.41, 5.74) is 0.507. The van der Waals surface area contributed by atoms with Gasteiger partial charge in [0.25, 0.3) is 0 Å². The number of aliphatic hydroxyl groups excluding tert-OH is 1. The molecule has 4 atom stereocenters. The van der Waals surface area contributed by atoms with Gasteiger partial charge in [-0.15, -0.1) is 0 Å². The summed E-state index contributed by atoms with van der Waals surface area (Å²) in [4.78, 5) is 24.4. The third-order valence-electron chi connectivity index (χ3n) is 3.91. The normalized spacial score (nSPS) is 25.3. The summed E-state index contributed by atoms with van der Waals surface area (Å²) >= 11 is 0. The van der Waals surface area contributed by atoms with Gasteiger partial charge in [-0.2, -0.15) is 0 Å². The average molecular weight is 360 g/mol. The van der Waals surface area contributed by atoms with Gasteiger partial charge in [0.05, 0.1) is 17.7 Å². The zero-order valence-electron chi connectivity index (χ0n) is 13.7. The second-order valence-electron chi connectivity index (χ2n) is 5.72. The maximum Gasteiger partial charge on any atom is 0.338 e. The van der Waals surface area contributed by atoms with E-state index in [0.29, 0.717) is 0 Å². The first-order valence-corrected chi connectivity index (χ1v) is 8.02. The first kappa shape index (κ1) is 18.0. The second-order valence-corrected chi connectivity index (χ2v) is 5.72. The highest BCUT2D eigenvalue weighted by molar-refractivity contribution is 5.90. The molecule has 1 aliphatic rings. The van der Waals surface area contributed by atoms with E-state index in [1.54, 1.807) is 48.5 Å². The maximum atomic E-state index is 13.7. The van der Waals surface area contributed by atoms with Gasteiger partial charge in [-0.25, -0.2) is 14.0 Å². The van der Waals surface area contributed by atoms with E-state index in [4.69, 9.17) is 14.2 Å². The van der Waals surface area contributed by atoms with Crippen molar-refractivity contribution in [2.45, 2.75) is 24.7 Å². The van der Waals surface area contributed by atoms with E-state index in [2.05, 4.69) is 0 Å². The lowest BCUT2D eigenvalue weighted by molar-refractivity contribution is -0.224. The molecule has 1 fully saturated rings. The molecule has 1 saturated heterocycles. The van der Waals surface area contributed by atoms with Crippen molar-refractivity contribution in [2.75, 3.05) is 6.61 Å². The van der Waals surface area contributed by atoms with Crippen LogP contribution in [0.3, 0.4) is 0 Å². The lowest BCUT2D eigenvalue weighted by Crippen LogP contribution is -2.54. The average Bonchev–Trinajstić information content (AvgIpc) is 2.68. The van der Waals surface area contributed by atoms with Crippen LogP contribution in [0.5, 0.6) is 0 Å². The molecule has 26 heavy (non-hydrogen) atoms. The summed E-state index contributed by atoms with van der Waals surface area (Å²) in [6, 6.07) is 16.2. The Morgan fingerprint density at radius 3 is 1.96 bits per heavy atom. The number of carbonyl (C=O) groups excluding carboxylic acids is 2. The fourth-order valence-corrected chi connectivity index (χ4v) is 2.54. The number of ether oxygens (including phenoxy) is 3. The van der Waals surface area contributed by atoms with Crippen molar-refractivity contribution in [3.05, 3.63) is 71.8 Å². The van der Waals surface area contributed by atoms with Crippen LogP contribution < -0.4 is 0 Å². The molecule has 0 radical (unpaired) electrons. The van der Waals surface area contributed by atoms with Crippen molar-refractivity contribution in [2.24, 2.45) is 0 Å². The fraction of sp³-hybridized carbons (Fsp3) is 0.263. The van der Waals surface area contributed by atoms with Crippen LogP contribution in [0.2, 0.25) is 0 Å². The maximum absolute atomic E-state index is 13.7. The van der Waals surface area contributed by atoms with Crippen LogP contribution in [0, 0.1) is 0 Å². The molecule has 1 heterocycles. The van der Waals surface area contributed by atoms with Gasteiger partial charge in [-0.05, 0) is 24.3 Å². The summed E-state index contributed by atoms with van der Waals surface area (Å²) in [7, 11) is 0. The van der Waals surface area contributed by atoms with Crippen LogP contribution in [0.25, 0.3) is 0 Å². The molecule has 6 nitrogen and oxygen atoms in total. The zero-order valence-corrected chi connectivity index (χ0v) is 13.7. The molecule has 0 unspecified atom stereocenters. The Labute approximate surface area is 149 Å². The van der Waals surface area contributed by atoms with E-state index in [-0.39, 0.29) is 17.7 Å². The quantitative estimate of drug-likeness (QED) is 0.841. The van der Waals surface area contributed by atoms with Gasteiger partial charge in [-0.3, -0.25) is 0 Å². The molecule has 0 aliphatic carbocycles. The Kier molecular flexibility index (Phi) is 5.60. The van der Waals surface area contributed by atoms with E-state index >= 15 is 0 Å². The molecule has 0 spiro atoms. The minimum Gasteiger partial charge on any atom is -0.452 e. The molecule has 3 rings (SSSR count). The highest BCUT2D eigenvalue weighted by Gasteiger charge is 2.44. The van der Waals surface area contributed by atoms with E-state index < -0.39 is 36.6 Å². The van der Waals surface area contributed by atoms with Gasteiger partial charge in [-0.1, -0.05) is 36.4 Å². The molecule has 1 aliphatic heterocycles. The van der Waals surface area contributed by atoms with Crippen LogP contribution in [-0.4, -0.2) is 48.3 Å². The number of hydrogen-bond acceptors (Lipinski definition) is 6. The number of rotatable bonds is 4. The van der Waals surface area contributed by atoms with E-state index in [1.165, 1.54) is 12.1 Å². The van der Waals surface area contributed by atoms with Crippen molar-refractivity contribution < 1.29 is 33.3 Å². The summed E-state index contributed by atoms with van der Waals surface area (Å²) in [6.45, 7) is -0.344. The molecule has 1 N–H and O–H groups in total. The lowest BCUT2D eigenvalue weighted by Gasteiger charge is -2.35. The van der Waals surface area contributed by atoms with Gasteiger partial charge >= 0.3 is 11.9 Å². The molecule has 136 valence electrons. The smallest absolute Gasteiger partial charge is 0.338 e. The first-order chi connectivity index (χ1) is 12.6. The first-order valence-electron chi connectivity index (χ1n) is 8.02. The predicted octanol–water partition coefficient (Wildman–Crippen LogP) is 2.12. The van der Waals surface area contributed by atoms with Gasteiger partial charge in [0.1, 0.15) is 0 Å². The molecular formula is C19H17FO6. The fourth-order valence-electron chi connectivity index (χ4n) is 2.54. The van der Waals surface area contributed by atoms with E-state index in [1.807, 2.05) is 0 Å². The number of aliphatic hydroxyl groups is 1. The lowest BCUT2D eigenvalue weighted by atomic mass is 10.0. The summed E-state index contributed by atoms with van der Waals surface area (Å²) in [5.74, 6) is -1.45. The van der Waals surface area contributed by atoms with Crippen molar-refractivity contribution in [1.82, 2.24) is 0 Å². The van der Waals surface area contributed by atoms with Gasteiger partial charge < -0.3 is 19.3 Å². The number of esters is 2.